The molecule has 6 nitrogen and oxygen atoms in total. The highest BCUT2D eigenvalue weighted by atomic mass is 16.3. The first-order valence-electron chi connectivity index (χ1n) is 10.5. The number of anilines is 1. The van der Waals surface area contributed by atoms with Gasteiger partial charge in [0, 0.05) is 44.3 Å². The number of hydrogen-bond donors (Lipinski definition) is 2. The van der Waals surface area contributed by atoms with E-state index in [4.69, 9.17) is 9.41 Å². The van der Waals surface area contributed by atoms with Gasteiger partial charge in [0.1, 0.15) is 11.6 Å². The average molecular weight is 384 g/mol. The highest BCUT2D eigenvalue weighted by Crippen LogP contribution is 2.18. The van der Waals surface area contributed by atoms with Crippen LogP contribution >= 0.6 is 0 Å². The Morgan fingerprint density at radius 2 is 2.11 bits per heavy atom. The lowest BCUT2D eigenvalue weighted by molar-refractivity contribution is 0.458. The van der Waals surface area contributed by atoms with Gasteiger partial charge >= 0.3 is 0 Å². The van der Waals surface area contributed by atoms with Gasteiger partial charge in [0.2, 0.25) is 0 Å². The summed E-state index contributed by atoms with van der Waals surface area (Å²) in [5, 5.41) is 7.11. The normalized spacial score (nSPS) is 15.6. The van der Waals surface area contributed by atoms with Crippen LogP contribution in [0.2, 0.25) is 0 Å². The highest BCUT2D eigenvalue weighted by molar-refractivity contribution is 5.80. The van der Waals surface area contributed by atoms with Crippen LogP contribution in [0.5, 0.6) is 0 Å². The molecule has 0 unspecified atom stereocenters. The van der Waals surface area contributed by atoms with Crippen molar-refractivity contribution >= 4 is 11.8 Å². The van der Waals surface area contributed by atoms with Crippen molar-refractivity contribution in [2.24, 2.45) is 4.99 Å². The van der Waals surface area contributed by atoms with Gasteiger partial charge in [-0.3, -0.25) is 4.99 Å². The molecule has 0 aliphatic carbocycles. The molecule has 2 aromatic rings. The summed E-state index contributed by atoms with van der Waals surface area (Å²) in [5.74, 6) is 3.01. The number of aliphatic imine (C=N–C) groups is 1. The second-order valence-corrected chi connectivity index (χ2v) is 7.38. The third-order valence-corrected chi connectivity index (χ3v) is 5.06. The van der Waals surface area contributed by atoms with E-state index in [1.165, 1.54) is 0 Å². The summed E-state index contributed by atoms with van der Waals surface area (Å²) in [7, 11) is 0. The fourth-order valence-corrected chi connectivity index (χ4v) is 3.41. The minimum atomic E-state index is 0.442. The lowest BCUT2D eigenvalue weighted by Gasteiger charge is -2.34. The van der Waals surface area contributed by atoms with Gasteiger partial charge in [0.25, 0.3) is 0 Å². The number of aryl methyl sites for hydroxylation is 1. The van der Waals surface area contributed by atoms with Gasteiger partial charge in [-0.05, 0) is 50.5 Å². The smallest absolute Gasteiger partial charge is 0.191 e. The predicted molar refractivity (Wildman–Crippen MR) is 115 cm³/mol. The van der Waals surface area contributed by atoms with Crippen LogP contribution in [0.4, 0.5) is 5.82 Å². The minimum absolute atomic E-state index is 0.442. The monoisotopic (exact) mass is 383 g/mol. The van der Waals surface area contributed by atoms with Gasteiger partial charge in [-0.1, -0.05) is 19.4 Å². The molecule has 0 spiro atoms. The maximum atomic E-state index is 5.41. The van der Waals surface area contributed by atoms with Crippen LogP contribution in [-0.2, 0) is 6.42 Å². The molecule has 0 bridgehead atoms. The molecule has 152 valence electrons. The van der Waals surface area contributed by atoms with E-state index in [9.17, 15) is 0 Å². The van der Waals surface area contributed by atoms with Crippen LogP contribution in [-0.4, -0.2) is 43.2 Å². The van der Waals surface area contributed by atoms with Gasteiger partial charge in [0.15, 0.2) is 5.96 Å². The molecule has 0 radical (unpaired) electrons. The van der Waals surface area contributed by atoms with Crippen molar-refractivity contribution < 1.29 is 4.42 Å². The molecule has 0 atom stereocenters. The molecule has 3 rings (SSSR count). The predicted octanol–water partition coefficient (Wildman–Crippen LogP) is 3.53. The molecule has 1 aliphatic heterocycles. The van der Waals surface area contributed by atoms with Crippen LogP contribution in [0.25, 0.3) is 0 Å². The summed E-state index contributed by atoms with van der Waals surface area (Å²) in [5.41, 5.74) is 1.07. The third-order valence-electron chi connectivity index (χ3n) is 5.06. The summed E-state index contributed by atoms with van der Waals surface area (Å²) in [6.45, 7) is 7.95. The van der Waals surface area contributed by atoms with Crippen molar-refractivity contribution in [1.82, 2.24) is 15.6 Å². The second-order valence-electron chi connectivity index (χ2n) is 7.38. The van der Waals surface area contributed by atoms with Crippen LogP contribution in [0.15, 0.2) is 46.0 Å². The zero-order valence-electron chi connectivity index (χ0n) is 17.2. The lowest BCUT2D eigenvalue weighted by atomic mass is 10.1. The first-order valence-corrected chi connectivity index (χ1v) is 10.5. The molecule has 3 heterocycles. The Kier molecular flexibility index (Phi) is 7.76. The summed E-state index contributed by atoms with van der Waals surface area (Å²) < 4.78 is 5.41. The molecule has 1 aliphatic rings. The minimum Gasteiger partial charge on any atom is -0.469 e. The standard InChI is InChI=1S/C22H33N5O/c1-3-4-13-23-22(24-14-10-20-8-6-17-28-20)26-19-11-15-27(16-12-19)21-9-5-7-18(2)25-21/h5-9,17,19H,3-4,10-16H2,1-2H3,(H2,23,24,26). The Hall–Kier alpha value is -2.50. The number of unbranched alkanes of at least 4 members (excludes halogenated alkanes) is 1. The number of nitrogens with zero attached hydrogens (tertiary/aromatic N) is 3. The van der Waals surface area contributed by atoms with Crippen molar-refractivity contribution in [2.45, 2.75) is 52.0 Å². The molecule has 1 fully saturated rings. The van der Waals surface area contributed by atoms with E-state index in [1.807, 2.05) is 25.1 Å². The van der Waals surface area contributed by atoms with Gasteiger partial charge in [-0.15, -0.1) is 0 Å². The number of rotatable bonds is 8. The quantitative estimate of drug-likeness (QED) is 0.415. The summed E-state index contributed by atoms with van der Waals surface area (Å²) in [6, 6.07) is 10.6. The van der Waals surface area contributed by atoms with E-state index in [0.29, 0.717) is 6.04 Å². The van der Waals surface area contributed by atoms with E-state index < -0.39 is 0 Å². The molecular weight excluding hydrogens is 350 g/mol. The maximum absolute atomic E-state index is 5.41. The number of aromatic nitrogens is 1. The van der Waals surface area contributed by atoms with Crippen molar-refractivity contribution in [3.05, 3.63) is 48.0 Å². The number of pyridine rings is 1. The first kappa shape index (κ1) is 20.2. The van der Waals surface area contributed by atoms with Crippen LogP contribution in [0.3, 0.4) is 0 Å². The zero-order chi connectivity index (χ0) is 19.6. The molecule has 0 saturated carbocycles. The maximum Gasteiger partial charge on any atom is 0.191 e. The van der Waals surface area contributed by atoms with Crippen molar-refractivity contribution in [1.29, 1.82) is 0 Å². The zero-order valence-corrected chi connectivity index (χ0v) is 17.2. The SMILES string of the molecule is CCCCN=C(NCCc1ccco1)NC1CCN(c2cccc(C)n2)CC1. The number of nitrogens with one attached hydrogen (secondary N) is 2. The van der Waals surface area contributed by atoms with E-state index in [1.54, 1.807) is 6.26 Å². The Labute approximate surface area is 168 Å². The fourth-order valence-electron chi connectivity index (χ4n) is 3.41. The molecule has 0 aromatic carbocycles. The van der Waals surface area contributed by atoms with E-state index in [2.05, 4.69) is 39.6 Å². The van der Waals surface area contributed by atoms with Gasteiger partial charge in [-0.25, -0.2) is 4.98 Å². The largest absolute Gasteiger partial charge is 0.469 e. The summed E-state index contributed by atoms with van der Waals surface area (Å²) >= 11 is 0. The Bertz CT molecular complexity index is 720. The Morgan fingerprint density at radius 3 is 2.82 bits per heavy atom. The summed E-state index contributed by atoms with van der Waals surface area (Å²) in [6.07, 6.45) is 7.03. The first-order chi connectivity index (χ1) is 13.7. The molecule has 2 aromatic heterocycles. The average Bonchev–Trinajstić information content (AvgIpc) is 3.22. The van der Waals surface area contributed by atoms with E-state index in [0.717, 1.165) is 81.5 Å². The number of hydrogen-bond acceptors (Lipinski definition) is 4. The number of guanidine groups is 1. The lowest BCUT2D eigenvalue weighted by Crippen LogP contribution is -2.49. The highest BCUT2D eigenvalue weighted by Gasteiger charge is 2.21. The molecular formula is C22H33N5O. The van der Waals surface area contributed by atoms with Crippen LogP contribution in [0.1, 0.15) is 44.1 Å². The fraction of sp³-hybridized carbons (Fsp3) is 0.545. The second kappa shape index (κ2) is 10.7. The topological polar surface area (TPSA) is 65.7 Å². The Morgan fingerprint density at radius 1 is 1.25 bits per heavy atom. The molecule has 0 amide bonds. The third kappa shape index (κ3) is 6.29. The molecule has 2 N–H and O–H groups in total. The van der Waals surface area contributed by atoms with Crippen molar-refractivity contribution in [3.8, 4) is 0 Å². The molecule has 6 heteroatoms. The van der Waals surface area contributed by atoms with E-state index in [-0.39, 0.29) is 0 Å². The summed E-state index contributed by atoms with van der Waals surface area (Å²) in [4.78, 5) is 11.8. The van der Waals surface area contributed by atoms with Gasteiger partial charge in [-0.2, -0.15) is 0 Å². The van der Waals surface area contributed by atoms with Crippen LogP contribution < -0.4 is 15.5 Å². The number of furan rings is 1. The van der Waals surface area contributed by atoms with Crippen molar-refractivity contribution in [3.63, 3.8) is 0 Å². The Balaban J connectivity index is 1.48. The number of piperidine rings is 1. The van der Waals surface area contributed by atoms with E-state index >= 15 is 0 Å². The van der Waals surface area contributed by atoms with Crippen molar-refractivity contribution in [2.75, 3.05) is 31.1 Å². The molecule has 28 heavy (non-hydrogen) atoms. The molecule has 1 saturated heterocycles. The van der Waals surface area contributed by atoms with Crippen LogP contribution in [0, 0.1) is 6.92 Å². The van der Waals surface area contributed by atoms with Gasteiger partial charge < -0.3 is 20.0 Å². The van der Waals surface area contributed by atoms with Gasteiger partial charge in [0.05, 0.1) is 6.26 Å².